The summed E-state index contributed by atoms with van der Waals surface area (Å²) in [4.78, 5) is 12.6. The van der Waals surface area contributed by atoms with Crippen LogP contribution in [0.3, 0.4) is 0 Å². The summed E-state index contributed by atoms with van der Waals surface area (Å²) in [6.07, 6.45) is 4.12. The van der Waals surface area contributed by atoms with Crippen molar-refractivity contribution in [2.45, 2.75) is 24.0 Å². The molecular weight excluding hydrogens is 740 g/mol. The van der Waals surface area contributed by atoms with Crippen molar-refractivity contribution in [2.75, 3.05) is 12.5 Å². The van der Waals surface area contributed by atoms with Crippen LogP contribution < -0.4 is 0 Å². The Kier molecular flexibility index (Phi) is 12.1. The van der Waals surface area contributed by atoms with Crippen molar-refractivity contribution in [3.63, 3.8) is 0 Å². The predicted molar refractivity (Wildman–Crippen MR) is 141 cm³/mol. The molecule has 0 spiro atoms. The Morgan fingerprint density at radius 1 is 0.690 bits per heavy atom. The fourth-order valence-corrected chi connectivity index (χ4v) is 5.77. The molecule has 3 aromatic rings. The highest BCUT2D eigenvalue weighted by molar-refractivity contribution is 9.13. The van der Waals surface area contributed by atoms with Crippen molar-refractivity contribution in [2.24, 2.45) is 21.1 Å². The molecule has 0 saturated heterocycles. The summed E-state index contributed by atoms with van der Waals surface area (Å²) in [5.41, 5.74) is 1.13. The van der Waals surface area contributed by atoms with E-state index in [1.54, 1.807) is 23.5 Å². The van der Waals surface area contributed by atoms with Crippen LogP contribution in [0.15, 0.2) is 33.3 Å². The smallest absolute Gasteiger partial charge is 0.178 e. The van der Waals surface area contributed by atoms with Crippen LogP contribution in [0, 0.1) is 13.8 Å². The van der Waals surface area contributed by atoms with Gasteiger partial charge in [-0.15, -0.1) is 11.8 Å². The zero-order valence-corrected chi connectivity index (χ0v) is 26.5. The Balaban J connectivity index is 0.000000219. The Bertz CT molecular complexity index is 871. The first kappa shape index (κ1) is 27.8. The summed E-state index contributed by atoms with van der Waals surface area (Å²) in [6, 6.07) is 0. The fourth-order valence-electron chi connectivity index (χ4n) is 2.03. The van der Waals surface area contributed by atoms with Crippen LogP contribution in [0.5, 0.6) is 0 Å². The number of hydrogen-bond donors (Lipinski definition) is 0. The summed E-state index contributed by atoms with van der Waals surface area (Å²) in [5.74, 6) is 0.994. The first-order valence-corrected chi connectivity index (χ1v) is 14.4. The first-order chi connectivity index (χ1) is 13.5. The molecule has 29 heavy (non-hydrogen) atoms. The molecule has 0 unspecified atom stereocenters. The molecule has 0 aromatic carbocycles. The predicted octanol–water partition coefficient (Wildman–Crippen LogP) is 7.13. The maximum absolute atomic E-state index is 4.40. The van der Waals surface area contributed by atoms with Gasteiger partial charge in [0, 0.05) is 21.1 Å². The highest BCUT2D eigenvalue weighted by atomic mass is 79.9. The van der Waals surface area contributed by atoms with Gasteiger partial charge >= 0.3 is 0 Å². The summed E-state index contributed by atoms with van der Waals surface area (Å²) < 4.78 is 10.4. The van der Waals surface area contributed by atoms with Crippen molar-refractivity contribution >= 4 is 103 Å². The van der Waals surface area contributed by atoms with Gasteiger partial charge in [-0.3, -0.25) is 0 Å². The number of imidazole rings is 3. The zero-order valence-electron chi connectivity index (χ0n) is 16.9. The lowest BCUT2D eigenvalue weighted by atomic mass is 10.6. The number of aromatic nitrogens is 6. The van der Waals surface area contributed by atoms with Gasteiger partial charge in [0.1, 0.15) is 24.2 Å². The minimum Gasteiger partial charge on any atom is -0.325 e. The molecule has 0 saturated carbocycles. The van der Waals surface area contributed by atoms with Gasteiger partial charge in [0.25, 0.3) is 0 Å². The Morgan fingerprint density at radius 3 is 1.38 bits per heavy atom. The van der Waals surface area contributed by atoms with Crippen molar-refractivity contribution in [3.05, 3.63) is 34.7 Å². The van der Waals surface area contributed by atoms with Gasteiger partial charge in [0.2, 0.25) is 0 Å². The van der Waals surface area contributed by atoms with E-state index in [4.69, 9.17) is 0 Å². The lowest BCUT2D eigenvalue weighted by molar-refractivity contribution is 0.729. The first-order valence-electron chi connectivity index (χ1n) is 7.94. The van der Waals surface area contributed by atoms with E-state index >= 15 is 0 Å². The average molecular weight is 761 g/mol. The van der Waals surface area contributed by atoms with Crippen LogP contribution in [-0.2, 0) is 21.1 Å². The molecule has 0 atom stereocenters. The van der Waals surface area contributed by atoms with Crippen molar-refractivity contribution in [3.8, 4) is 0 Å². The molecule has 3 aromatic heterocycles. The summed E-state index contributed by atoms with van der Waals surface area (Å²) in [6.45, 7) is 4.00. The molecule has 0 aliphatic carbocycles. The highest BCUT2D eigenvalue weighted by Gasteiger charge is 2.08. The second kappa shape index (κ2) is 12.7. The van der Waals surface area contributed by atoms with Crippen molar-refractivity contribution in [1.29, 1.82) is 0 Å². The fraction of sp³-hybridized carbons (Fsp3) is 0.438. The Hall–Kier alpha value is 0.730. The van der Waals surface area contributed by atoms with E-state index in [0.717, 1.165) is 39.8 Å². The molecule has 3 heterocycles. The molecule has 162 valence electrons. The molecule has 0 radical (unpaired) electrons. The molecule has 0 N–H and O–H groups in total. The third kappa shape index (κ3) is 7.38. The molecule has 0 bridgehead atoms. The van der Waals surface area contributed by atoms with Gasteiger partial charge < -0.3 is 13.7 Å². The molecule has 0 aliphatic heterocycles. The lowest BCUT2D eigenvalue weighted by Crippen LogP contribution is -1.91. The van der Waals surface area contributed by atoms with E-state index in [0.29, 0.717) is 0 Å². The van der Waals surface area contributed by atoms with E-state index in [9.17, 15) is 0 Å². The van der Waals surface area contributed by atoms with Crippen LogP contribution in [0.25, 0.3) is 0 Å². The number of nitrogens with zero attached hydrogens (tertiary/aromatic N) is 6. The Labute approximate surface area is 222 Å². The van der Waals surface area contributed by atoms with E-state index < -0.39 is 0 Å². The number of rotatable bonds is 2. The third-order valence-electron chi connectivity index (χ3n) is 3.68. The molecule has 0 fully saturated rings. The van der Waals surface area contributed by atoms with Crippen LogP contribution in [0.4, 0.5) is 0 Å². The summed E-state index contributed by atoms with van der Waals surface area (Å²) in [5, 5.41) is 2.35. The van der Waals surface area contributed by atoms with E-state index in [2.05, 4.69) is 112 Å². The lowest BCUT2D eigenvalue weighted by Gasteiger charge is -1.99. The molecule has 0 amide bonds. The molecule has 13 heteroatoms. The summed E-state index contributed by atoms with van der Waals surface area (Å²) in [7, 11) is 5.92. The minimum atomic E-state index is 0.807. The van der Waals surface area contributed by atoms with Crippen LogP contribution in [-0.4, -0.2) is 41.2 Å². The number of halogens is 5. The third-order valence-corrected chi connectivity index (χ3v) is 10.1. The highest BCUT2D eigenvalue weighted by Crippen LogP contribution is 2.25. The normalized spacial score (nSPS) is 10.3. The maximum Gasteiger partial charge on any atom is 0.178 e. The monoisotopic (exact) mass is 756 g/mol. The van der Waals surface area contributed by atoms with Gasteiger partial charge in [-0.2, -0.15) is 0 Å². The van der Waals surface area contributed by atoms with Gasteiger partial charge in [0.05, 0.1) is 10.7 Å². The maximum atomic E-state index is 4.40. The second-order valence-electron chi connectivity index (χ2n) is 5.57. The molecule has 3 rings (SSSR count). The van der Waals surface area contributed by atoms with Crippen LogP contribution >= 0.6 is 103 Å². The Morgan fingerprint density at radius 2 is 1.21 bits per heavy atom. The van der Waals surface area contributed by atoms with Gasteiger partial charge in [-0.25, -0.2) is 15.0 Å². The van der Waals surface area contributed by atoms with Crippen molar-refractivity contribution < 1.29 is 0 Å². The van der Waals surface area contributed by atoms with Gasteiger partial charge in [-0.1, -0.05) is 11.8 Å². The zero-order chi connectivity index (χ0) is 22.5. The second-order valence-corrected chi connectivity index (χ2v) is 10.9. The van der Waals surface area contributed by atoms with E-state index in [1.807, 2.05) is 43.3 Å². The minimum absolute atomic E-state index is 0.807. The van der Waals surface area contributed by atoms with Crippen LogP contribution in [0.2, 0.25) is 0 Å². The van der Waals surface area contributed by atoms with E-state index in [-0.39, 0.29) is 0 Å². The standard InChI is InChI=1S/C7H12N2S2.C5H6Br2N2.C4H3Br3N2/c1-5-6(10-3)9(2)7(8-5)11-4;1-3-8-4(6)5(7)9(3)2;1-9-3(6)2(5)8-4(9)7/h1-4H3;1-2H3;1H3. The largest absolute Gasteiger partial charge is 0.325 e. The quantitative estimate of drug-likeness (QED) is 0.261. The average Bonchev–Trinajstić information content (AvgIpc) is 3.18. The van der Waals surface area contributed by atoms with E-state index in [1.165, 1.54) is 5.03 Å². The SMILES string of the molecule is CSc1nc(C)c(SC)n1C.Cc1nc(Br)c(Br)n1C.Cn1c(Br)nc(Br)c1Br. The molecular formula is C16H21Br5N6S2. The molecule has 6 nitrogen and oxygen atoms in total. The molecule has 0 aliphatic rings. The van der Waals surface area contributed by atoms with Gasteiger partial charge in [-0.05, 0) is 106 Å². The van der Waals surface area contributed by atoms with Gasteiger partial charge in [0.15, 0.2) is 9.89 Å². The topological polar surface area (TPSA) is 53.5 Å². The number of hydrogen-bond acceptors (Lipinski definition) is 5. The number of thioether (sulfide) groups is 2. The van der Waals surface area contributed by atoms with Crippen molar-refractivity contribution in [1.82, 2.24) is 28.7 Å². The van der Waals surface area contributed by atoms with Crippen LogP contribution in [0.1, 0.15) is 11.5 Å². The number of aryl methyl sites for hydroxylation is 2. The summed E-state index contributed by atoms with van der Waals surface area (Å²) >= 11 is 19.9.